The monoisotopic (exact) mass is 556 g/mol. The summed E-state index contributed by atoms with van der Waals surface area (Å²) >= 11 is 0. The second kappa shape index (κ2) is 12.8. The lowest BCUT2D eigenvalue weighted by molar-refractivity contribution is 0.0948. The zero-order valence-corrected chi connectivity index (χ0v) is 25.5. The van der Waals surface area contributed by atoms with Crippen LogP contribution >= 0.6 is 0 Å². The molecule has 1 saturated heterocycles. The summed E-state index contributed by atoms with van der Waals surface area (Å²) in [6, 6.07) is 6.66. The quantitative estimate of drug-likeness (QED) is 0.292. The van der Waals surface area contributed by atoms with Gasteiger partial charge in [-0.05, 0) is 95.6 Å². The highest BCUT2D eigenvalue weighted by atomic mass is 16.1. The highest BCUT2D eigenvalue weighted by Crippen LogP contribution is 2.32. The van der Waals surface area contributed by atoms with Crippen molar-refractivity contribution in [3.05, 3.63) is 92.7 Å². The zero-order valence-electron chi connectivity index (χ0n) is 25.5. The van der Waals surface area contributed by atoms with Gasteiger partial charge in [0.05, 0.1) is 0 Å². The topological polar surface area (TPSA) is 85.2 Å². The molecule has 8 nitrogen and oxygen atoms in total. The molecule has 4 rings (SSSR count). The van der Waals surface area contributed by atoms with Crippen LogP contribution in [0.4, 0.5) is 0 Å². The van der Waals surface area contributed by atoms with Crippen molar-refractivity contribution in [3.63, 3.8) is 0 Å². The normalized spacial score (nSPS) is 16.1. The van der Waals surface area contributed by atoms with Crippen molar-refractivity contribution in [2.75, 3.05) is 34.2 Å². The number of pyridine rings is 2. The van der Waals surface area contributed by atoms with E-state index in [1.807, 2.05) is 45.1 Å². The largest absolute Gasteiger partial charge is 0.348 e. The van der Waals surface area contributed by atoms with Gasteiger partial charge in [0.2, 0.25) is 0 Å². The highest BCUT2D eigenvalue weighted by Gasteiger charge is 2.28. The van der Waals surface area contributed by atoms with Crippen molar-refractivity contribution in [1.29, 1.82) is 0 Å². The number of allylic oxidation sites excluding steroid dienone is 3. The van der Waals surface area contributed by atoms with E-state index in [9.17, 15) is 9.59 Å². The van der Waals surface area contributed by atoms with Gasteiger partial charge in [-0.1, -0.05) is 12.7 Å². The summed E-state index contributed by atoms with van der Waals surface area (Å²) in [6.45, 7) is 14.2. The van der Waals surface area contributed by atoms with Crippen molar-refractivity contribution >= 4 is 23.2 Å². The Morgan fingerprint density at radius 3 is 2.54 bits per heavy atom. The van der Waals surface area contributed by atoms with E-state index in [4.69, 9.17) is 0 Å². The Labute approximate surface area is 243 Å². The molecule has 8 heteroatoms. The predicted octanol–water partition coefficient (Wildman–Crippen LogP) is 4.84. The van der Waals surface area contributed by atoms with Crippen LogP contribution in [0.2, 0.25) is 0 Å². The van der Waals surface area contributed by atoms with Crippen LogP contribution < -0.4 is 10.9 Å². The third-order valence-electron chi connectivity index (χ3n) is 8.48. The molecule has 0 aromatic carbocycles. The van der Waals surface area contributed by atoms with Gasteiger partial charge >= 0.3 is 0 Å². The van der Waals surface area contributed by atoms with Gasteiger partial charge in [-0.2, -0.15) is 0 Å². The van der Waals surface area contributed by atoms with Crippen LogP contribution in [0.15, 0.2) is 52.9 Å². The molecule has 1 atom stereocenters. The number of carbonyl (C=O) groups excluding carboxylic acids is 1. The summed E-state index contributed by atoms with van der Waals surface area (Å²) in [5.41, 5.74) is 7.64. The van der Waals surface area contributed by atoms with E-state index >= 15 is 0 Å². The molecule has 4 heterocycles. The van der Waals surface area contributed by atoms with Gasteiger partial charge in [-0.15, -0.1) is 0 Å². The van der Waals surface area contributed by atoms with E-state index < -0.39 is 0 Å². The molecule has 0 radical (unpaired) electrons. The van der Waals surface area contributed by atoms with Gasteiger partial charge in [0.25, 0.3) is 11.5 Å². The summed E-state index contributed by atoms with van der Waals surface area (Å²) in [5.74, 6) is -0.190. The van der Waals surface area contributed by atoms with Crippen molar-refractivity contribution in [2.24, 2.45) is 4.99 Å². The first kappa shape index (κ1) is 30.2. The smallest absolute Gasteiger partial charge is 0.253 e. The molecule has 218 valence electrons. The molecule has 1 unspecified atom stereocenters. The lowest BCUT2D eigenvalue weighted by Gasteiger charge is -2.39. The Morgan fingerprint density at radius 1 is 1.22 bits per heavy atom. The Bertz CT molecular complexity index is 1550. The van der Waals surface area contributed by atoms with Crippen LogP contribution in [0.3, 0.4) is 0 Å². The number of hydrogen-bond acceptors (Lipinski definition) is 5. The number of aliphatic imine (C=N–C) groups is 1. The number of hydrogen-bond donors (Lipinski definition) is 2. The zero-order chi connectivity index (χ0) is 29.8. The Morgan fingerprint density at radius 2 is 1.93 bits per heavy atom. The molecule has 0 spiro atoms. The minimum Gasteiger partial charge on any atom is -0.348 e. The van der Waals surface area contributed by atoms with Crippen LogP contribution in [-0.2, 0) is 6.54 Å². The highest BCUT2D eigenvalue weighted by molar-refractivity contribution is 5.97. The maximum absolute atomic E-state index is 13.7. The number of aromatic nitrogens is 2. The molecular formula is C33H44N6O2. The van der Waals surface area contributed by atoms with E-state index in [0.29, 0.717) is 17.2 Å². The lowest BCUT2D eigenvalue weighted by atomic mass is 9.97. The maximum atomic E-state index is 13.7. The number of amides is 1. The average molecular weight is 557 g/mol. The SMILES string of the molecule is C=C/C(=C\C=NC)c1cc2cc(C(=O)NCc3c(C)cc(C)[nH]c3=O)c(C)c(C(C)N3CCC(N(C)C)CC3)n2c1. The molecule has 0 bridgehead atoms. The minimum atomic E-state index is -0.190. The summed E-state index contributed by atoms with van der Waals surface area (Å²) in [6.07, 6.45) is 9.89. The van der Waals surface area contributed by atoms with Crippen LogP contribution in [0.25, 0.3) is 11.1 Å². The van der Waals surface area contributed by atoms with E-state index in [1.165, 1.54) is 0 Å². The Kier molecular flexibility index (Phi) is 9.46. The first-order valence-electron chi connectivity index (χ1n) is 14.3. The number of rotatable bonds is 9. The van der Waals surface area contributed by atoms with Gasteiger partial charge < -0.3 is 19.6 Å². The third-order valence-corrected chi connectivity index (χ3v) is 8.48. The average Bonchev–Trinajstić information content (AvgIpc) is 3.35. The molecule has 1 fully saturated rings. The third kappa shape index (κ3) is 6.44. The van der Waals surface area contributed by atoms with Gasteiger partial charge in [-0.25, -0.2) is 0 Å². The minimum absolute atomic E-state index is 0.101. The van der Waals surface area contributed by atoms with E-state index in [2.05, 4.69) is 69.4 Å². The summed E-state index contributed by atoms with van der Waals surface area (Å²) in [4.78, 5) is 38.0. The number of piperidine rings is 1. The summed E-state index contributed by atoms with van der Waals surface area (Å²) in [5, 5.41) is 3.02. The second-order valence-electron chi connectivity index (χ2n) is 11.4. The molecule has 0 saturated carbocycles. The number of aryl methyl sites for hydroxylation is 2. The van der Waals surface area contributed by atoms with Crippen molar-refractivity contribution in [1.82, 2.24) is 24.5 Å². The number of carbonyl (C=O) groups is 1. The maximum Gasteiger partial charge on any atom is 0.253 e. The van der Waals surface area contributed by atoms with Crippen LogP contribution in [0.5, 0.6) is 0 Å². The number of fused-ring (bicyclic) bond motifs is 1. The summed E-state index contributed by atoms with van der Waals surface area (Å²) in [7, 11) is 6.05. The van der Waals surface area contributed by atoms with Crippen LogP contribution in [0, 0.1) is 20.8 Å². The molecule has 3 aromatic heterocycles. The molecule has 3 aromatic rings. The molecule has 0 aliphatic carbocycles. The first-order valence-corrected chi connectivity index (χ1v) is 14.3. The van der Waals surface area contributed by atoms with Crippen molar-refractivity contribution in [2.45, 2.75) is 59.2 Å². The number of nitrogens with zero attached hydrogens (tertiary/aromatic N) is 4. The Balaban J connectivity index is 1.76. The standard InChI is InChI=1S/C33H44N6O2/c1-9-25(10-13-34-6)26-17-28-18-29(32(40)35-19-30-21(2)16-22(3)36-33(30)41)23(4)31(39(28)20-26)24(5)38-14-11-27(12-15-38)37(7)8/h9-10,13,16-18,20,24,27H,1,11-12,14-15,19H2,2-8H3,(H,35,40)(H,36,41)/b25-10+,34-13?. The van der Waals surface area contributed by atoms with E-state index in [-0.39, 0.29) is 24.1 Å². The van der Waals surface area contributed by atoms with Gasteiger partial charge in [0.1, 0.15) is 0 Å². The van der Waals surface area contributed by atoms with Gasteiger partial charge in [-0.3, -0.25) is 19.5 Å². The number of nitrogens with one attached hydrogen (secondary N) is 2. The fourth-order valence-corrected chi connectivity index (χ4v) is 6.05. The molecule has 1 aliphatic rings. The predicted molar refractivity (Wildman–Crippen MR) is 169 cm³/mol. The first-order chi connectivity index (χ1) is 19.5. The molecule has 1 aliphatic heterocycles. The number of H-pyrrole nitrogens is 1. The van der Waals surface area contributed by atoms with Crippen molar-refractivity contribution < 1.29 is 4.79 Å². The van der Waals surface area contributed by atoms with E-state index in [1.54, 1.807) is 13.3 Å². The Hall–Kier alpha value is -3.75. The van der Waals surface area contributed by atoms with Crippen LogP contribution in [0.1, 0.15) is 69.8 Å². The fourth-order valence-electron chi connectivity index (χ4n) is 6.05. The molecular weight excluding hydrogens is 512 g/mol. The van der Waals surface area contributed by atoms with Gasteiger partial charge in [0.15, 0.2) is 0 Å². The molecule has 1 amide bonds. The van der Waals surface area contributed by atoms with Gasteiger partial charge in [0, 0.05) is 84.8 Å². The van der Waals surface area contributed by atoms with E-state index in [0.717, 1.165) is 65.1 Å². The molecule has 2 N–H and O–H groups in total. The van der Waals surface area contributed by atoms with Crippen molar-refractivity contribution in [3.8, 4) is 0 Å². The number of likely N-dealkylation sites (tertiary alicyclic amines) is 1. The summed E-state index contributed by atoms with van der Waals surface area (Å²) < 4.78 is 2.22. The van der Waals surface area contributed by atoms with Crippen LogP contribution in [-0.4, -0.2) is 71.6 Å². The fraction of sp³-hybridized carbons (Fsp3) is 0.424. The lowest BCUT2D eigenvalue weighted by Crippen LogP contribution is -2.43. The second-order valence-corrected chi connectivity index (χ2v) is 11.4. The number of aromatic amines is 1. The molecule has 41 heavy (non-hydrogen) atoms.